The lowest BCUT2D eigenvalue weighted by molar-refractivity contribution is 0.0206. The maximum Gasteiger partial charge on any atom is 0.410 e. The van der Waals surface area contributed by atoms with Crippen molar-refractivity contribution >= 4 is 23.1 Å². The molecule has 2 aliphatic rings. The zero-order chi connectivity index (χ0) is 28.6. The molecule has 1 N–H and O–H groups in total. The Morgan fingerprint density at radius 1 is 1.05 bits per heavy atom. The van der Waals surface area contributed by atoms with Gasteiger partial charge in [-0.1, -0.05) is 0 Å². The van der Waals surface area contributed by atoms with Gasteiger partial charge in [0.05, 0.1) is 18.1 Å². The Morgan fingerprint density at radius 2 is 1.88 bits per heavy atom. The molecule has 1 amide bonds. The van der Waals surface area contributed by atoms with Gasteiger partial charge in [0.25, 0.3) is 0 Å². The van der Waals surface area contributed by atoms with E-state index in [-0.39, 0.29) is 12.1 Å². The summed E-state index contributed by atoms with van der Waals surface area (Å²) in [5.41, 5.74) is 1.95. The molecule has 214 valence electrons. The lowest BCUT2D eigenvalue weighted by atomic mass is 10.1. The van der Waals surface area contributed by atoms with Crippen LogP contribution >= 0.6 is 0 Å². The second-order valence-corrected chi connectivity index (χ2v) is 11.1. The van der Waals surface area contributed by atoms with E-state index in [9.17, 15) is 4.79 Å². The van der Waals surface area contributed by atoms with Crippen LogP contribution in [0.15, 0.2) is 48.7 Å². The van der Waals surface area contributed by atoms with Crippen molar-refractivity contribution in [2.75, 3.05) is 38.7 Å². The normalized spacial score (nSPS) is 16.9. The molecule has 1 atom stereocenters. The van der Waals surface area contributed by atoms with E-state index in [1.54, 1.807) is 18.2 Å². The van der Waals surface area contributed by atoms with Gasteiger partial charge in [-0.15, -0.1) is 0 Å². The smallest absolute Gasteiger partial charge is 0.410 e. The minimum absolute atomic E-state index is 0.00687. The Labute approximate surface area is 238 Å². The molecule has 11 heteroatoms. The fraction of sp³-hybridized carbons (Fsp3) is 0.400. The summed E-state index contributed by atoms with van der Waals surface area (Å²) < 4.78 is 24.6. The second-order valence-electron chi connectivity index (χ2n) is 11.1. The molecule has 11 nitrogen and oxygen atoms in total. The van der Waals surface area contributed by atoms with Crippen LogP contribution in [0.25, 0.3) is 28.2 Å². The number of hydrogen-bond acceptors (Lipinski definition) is 9. The predicted octanol–water partition coefficient (Wildman–Crippen LogP) is 5.07. The zero-order valence-electron chi connectivity index (χ0n) is 23.7. The van der Waals surface area contributed by atoms with Gasteiger partial charge in [0.2, 0.25) is 5.95 Å². The summed E-state index contributed by atoms with van der Waals surface area (Å²) in [5.74, 6) is 3.94. The third-order valence-electron chi connectivity index (χ3n) is 6.94. The van der Waals surface area contributed by atoms with Crippen LogP contribution in [-0.4, -0.2) is 75.6 Å². The summed E-state index contributed by atoms with van der Waals surface area (Å²) in [4.78, 5) is 28.8. The molecule has 6 rings (SSSR count). The number of nitrogens with one attached hydrogen (secondary N) is 1. The lowest BCUT2D eigenvalue weighted by Crippen LogP contribution is -2.47. The van der Waals surface area contributed by atoms with Gasteiger partial charge in [-0.2, -0.15) is 4.98 Å². The average Bonchev–Trinajstić information content (AvgIpc) is 3.35. The molecule has 1 fully saturated rings. The van der Waals surface area contributed by atoms with E-state index in [0.29, 0.717) is 61.1 Å². The fourth-order valence-corrected chi connectivity index (χ4v) is 5.11. The number of imidazole rings is 1. The lowest BCUT2D eigenvalue weighted by Gasteiger charge is -2.34. The van der Waals surface area contributed by atoms with Crippen LogP contribution in [0.4, 0.5) is 10.7 Å². The van der Waals surface area contributed by atoms with Crippen LogP contribution < -0.4 is 19.5 Å². The van der Waals surface area contributed by atoms with E-state index in [4.69, 9.17) is 28.9 Å². The summed E-state index contributed by atoms with van der Waals surface area (Å²) >= 11 is 0. The summed E-state index contributed by atoms with van der Waals surface area (Å²) in [6.45, 7) is 7.82. The predicted molar refractivity (Wildman–Crippen MR) is 154 cm³/mol. The molecule has 0 aliphatic carbocycles. The van der Waals surface area contributed by atoms with Crippen molar-refractivity contribution < 1.29 is 23.7 Å². The Morgan fingerprint density at radius 3 is 2.68 bits per heavy atom. The zero-order valence-corrected chi connectivity index (χ0v) is 23.7. The first-order valence-electron chi connectivity index (χ1n) is 13.8. The van der Waals surface area contributed by atoms with Crippen molar-refractivity contribution in [2.24, 2.45) is 0 Å². The summed E-state index contributed by atoms with van der Waals surface area (Å²) in [6, 6.07) is 13.4. The number of methoxy groups -OCH3 is 1. The first kappa shape index (κ1) is 26.7. The highest BCUT2D eigenvalue weighted by molar-refractivity contribution is 5.84. The number of amides is 1. The Kier molecular flexibility index (Phi) is 7.02. The first-order chi connectivity index (χ1) is 19.8. The van der Waals surface area contributed by atoms with Gasteiger partial charge in [0, 0.05) is 37.0 Å². The molecule has 0 radical (unpaired) electrons. The van der Waals surface area contributed by atoms with E-state index < -0.39 is 5.60 Å². The molecule has 0 saturated carbocycles. The van der Waals surface area contributed by atoms with E-state index in [2.05, 4.69) is 10.3 Å². The van der Waals surface area contributed by atoms with Crippen LogP contribution in [0.1, 0.15) is 33.6 Å². The largest absolute Gasteiger partial charge is 0.497 e. The second kappa shape index (κ2) is 10.8. The number of carbonyl (C=O) groups is 1. The van der Waals surface area contributed by atoms with Gasteiger partial charge in [-0.05, 0) is 70.0 Å². The number of piperidine rings is 1. The third kappa shape index (κ3) is 5.70. The topological polar surface area (TPSA) is 113 Å². The highest BCUT2D eigenvalue weighted by atomic mass is 16.6. The molecule has 2 aliphatic heterocycles. The van der Waals surface area contributed by atoms with Crippen molar-refractivity contribution in [1.29, 1.82) is 0 Å². The van der Waals surface area contributed by atoms with Gasteiger partial charge < -0.3 is 29.2 Å². The number of nitrogens with zero attached hydrogens (tertiary/aromatic N) is 5. The molecule has 2 aromatic heterocycles. The van der Waals surface area contributed by atoms with E-state index in [1.165, 1.54) is 0 Å². The Balaban J connectivity index is 1.33. The van der Waals surface area contributed by atoms with Gasteiger partial charge in [-0.3, -0.25) is 4.57 Å². The SMILES string of the molecule is COc1ccc2c(c1)nc(-c1ccc3c(c1)OCCO3)n2-c1ccnc(N[C@H]2CCCN(C(=O)OC(C)(C)C)C2)n1. The first-order valence-corrected chi connectivity index (χ1v) is 13.8. The Hall–Kier alpha value is -4.54. The molecule has 4 heterocycles. The molecular formula is C30H34N6O5. The highest BCUT2D eigenvalue weighted by Gasteiger charge is 2.28. The van der Waals surface area contributed by atoms with Gasteiger partial charge in [-0.25, -0.2) is 14.8 Å². The minimum Gasteiger partial charge on any atom is -0.497 e. The molecule has 4 aromatic rings. The molecular weight excluding hydrogens is 524 g/mol. The Bertz CT molecular complexity index is 1580. The molecule has 0 bridgehead atoms. The van der Waals surface area contributed by atoms with Crippen molar-refractivity contribution in [2.45, 2.75) is 45.3 Å². The summed E-state index contributed by atoms with van der Waals surface area (Å²) in [7, 11) is 1.64. The summed E-state index contributed by atoms with van der Waals surface area (Å²) in [6.07, 6.45) is 3.17. The van der Waals surface area contributed by atoms with Crippen molar-refractivity contribution in [3.8, 4) is 34.5 Å². The standard InChI is InChI=1S/C30H34N6O5/c1-30(2,3)41-29(37)35-13-5-6-20(18-35)32-28-31-12-11-26(34-28)36-23-9-8-21(38-4)17-22(23)33-27(36)19-7-10-24-25(16-19)40-15-14-39-24/h7-12,16-17,20H,5-6,13-15,18H2,1-4H3,(H,31,32,34)/t20-/m0/s1. The number of rotatable bonds is 5. The number of anilines is 1. The van der Waals surface area contributed by atoms with Crippen molar-refractivity contribution in [3.63, 3.8) is 0 Å². The molecule has 1 saturated heterocycles. The number of benzene rings is 2. The fourth-order valence-electron chi connectivity index (χ4n) is 5.11. The van der Waals surface area contributed by atoms with Crippen LogP contribution in [-0.2, 0) is 4.74 Å². The van der Waals surface area contributed by atoms with E-state index >= 15 is 0 Å². The number of hydrogen-bond donors (Lipinski definition) is 1. The number of likely N-dealkylation sites (tertiary alicyclic amines) is 1. The quantitative estimate of drug-likeness (QED) is 0.359. The van der Waals surface area contributed by atoms with Crippen LogP contribution in [0, 0.1) is 0 Å². The maximum absolute atomic E-state index is 12.7. The van der Waals surface area contributed by atoms with Gasteiger partial charge >= 0.3 is 6.09 Å². The molecule has 0 spiro atoms. The van der Waals surface area contributed by atoms with Crippen LogP contribution in [0.3, 0.4) is 0 Å². The third-order valence-corrected chi connectivity index (χ3v) is 6.94. The van der Waals surface area contributed by atoms with Gasteiger partial charge in [0.1, 0.15) is 36.2 Å². The number of fused-ring (bicyclic) bond motifs is 2. The van der Waals surface area contributed by atoms with Gasteiger partial charge in [0.15, 0.2) is 11.5 Å². The number of aromatic nitrogens is 4. The number of carbonyl (C=O) groups excluding carboxylic acids is 1. The monoisotopic (exact) mass is 558 g/mol. The van der Waals surface area contributed by atoms with Crippen LogP contribution in [0.5, 0.6) is 17.2 Å². The molecule has 2 aromatic carbocycles. The van der Waals surface area contributed by atoms with Crippen molar-refractivity contribution in [1.82, 2.24) is 24.4 Å². The van der Waals surface area contributed by atoms with E-state index in [0.717, 1.165) is 29.4 Å². The van der Waals surface area contributed by atoms with Crippen molar-refractivity contribution in [3.05, 3.63) is 48.7 Å². The van der Waals surface area contributed by atoms with Crippen LogP contribution in [0.2, 0.25) is 0 Å². The molecule has 41 heavy (non-hydrogen) atoms. The average molecular weight is 559 g/mol. The van der Waals surface area contributed by atoms with E-state index in [1.807, 2.05) is 67.8 Å². The molecule has 0 unspecified atom stereocenters. The highest BCUT2D eigenvalue weighted by Crippen LogP contribution is 2.37. The summed E-state index contributed by atoms with van der Waals surface area (Å²) in [5, 5.41) is 3.44. The maximum atomic E-state index is 12.7. The minimum atomic E-state index is -0.540. The number of ether oxygens (including phenoxy) is 4.